The van der Waals surface area contributed by atoms with E-state index in [-0.39, 0.29) is 24.5 Å². The summed E-state index contributed by atoms with van der Waals surface area (Å²) in [5, 5.41) is 7.39. The molecule has 1 fully saturated rings. The number of carbonyl (C=O) groups excluding carboxylic acids is 1. The Bertz CT molecular complexity index is 1400. The second-order valence-corrected chi connectivity index (χ2v) is 10.5. The Hall–Kier alpha value is -3.48. The van der Waals surface area contributed by atoms with E-state index < -0.39 is 0 Å². The van der Waals surface area contributed by atoms with Gasteiger partial charge >= 0.3 is 0 Å². The van der Waals surface area contributed by atoms with E-state index in [0.717, 1.165) is 53.2 Å². The molecular formula is C32H32Cl2N2O4. The van der Waals surface area contributed by atoms with Crippen molar-refractivity contribution >= 4 is 40.9 Å². The molecule has 0 spiro atoms. The van der Waals surface area contributed by atoms with Gasteiger partial charge in [-0.25, -0.2) is 5.01 Å². The van der Waals surface area contributed by atoms with Gasteiger partial charge in [0.2, 0.25) is 0 Å². The zero-order valence-corrected chi connectivity index (χ0v) is 24.1. The molecule has 0 bridgehead atoms. The summed E-state index contributed by atoms with van der Waals surface area (Å²) in [5.74, 6) is 1.87. The number of allylic oxidation sites excluding steroid dienone is 1. The van der Waals surface area contributed by atoms with E-state index in [0.29, 0.717) is 29.0 Å². The fraction of sp³-hybridized carbons (Fsp3) is 0.312. The van der Waals surface area contributed by atoms with E-state index >= 15 is 0 Å². The molecule has 3 aromatic rings. The van der Waals surface area contributed by atoms with Gasteiger partial charge in [0.15, 0.2) is 6.61 Å². The molecule has 1 saturated carbocycles. The first-order chi connectivity index (χ1) is 19.5. The van der Waals surface area contributed by atoms with Gasteiger partial charge in [0.25, 0.3) is 5.91 Å². The van der Waals surface area contributed by atoms with Gasteiger partial charge in [0.1, 0.15) is 17.2 Å². The molecule has 0 unspecified atom stereocenters. The van der Waals surface area contributed by atoms with Gasteiger partial charge < -0.3 is 14.2 Å². The van der Waals surface area contributed by atoms with Crippen molar-refractivity contribution in [3.8, 4) is 17.2 Å². The molecule has 0 radical (unpaired) electrons. The average molecular weight is 580 g/mol. The first-order valence-electron chi connectivity index (χ1n) is 13.6. The van der Waals surface area contributed by atoms with Crippen molar-refractivity contribution in [3.05, 3.63) is 93.5 Å². The van der Waals surface area contributed by atoms with Gasteiger partial charge in [-0.3, -0.25) is 4.79 Å². The number of carbonyl (C=O) groups is 1. The lowest BCUT2D eigenvalue weighted by atomic mass is 9.77. The van der Waals surface area contributed by atoms with Gasteiger partial charge in [-0.15, -0.1) is 0 Å². The Labute approximate surface area is 245 Å². The molecule has 1 heterocycles. The van der Waals surface area contributed by atoms with Crippen LogP contribution in [-0.4, -0.2) is 36.4 Å². The molecule has 208 valence electrons. The second-order valence-electron chi connectivity index (χ2n) is 9.70. The van der Waals surface area contributed by atoms with E-state index in [4.69, 9.17) is 42.5 Å². The maximum atomic E-state index is 13.6. The molecule has 1 aliphatic heterocycles. The lowest BCUT2D eigenvalue weighted by Crippen LogP contribution is -2.34. The summed E-state index contributed by atoms with van der Waals surface area (Å²) in [5.41, 5.74) is 4.18. The van der Waals surface area contributed by atoms with Crippen LogP contribution in [0.2, 0.25) is 10.0 Å². The molecule has 0 saturated heterocycles. The number of hydrazone groups is 1. The minimum Gasteiger partial charge on any atom is -0.494 e. The number of hydrogen-bond donors (Lipinski definition) is 0. The topological polar surface area (TPSA) is 60.4 Å². The lowest BCUT2D eigenvalue weighted by molar-refractivity contribution is -0.135. The van der Waals surface area contributed by atoms with E-state index in [2.05, 4.69) is 6.08 Å². The van der Waals surface area contributed by atoms with E-state index in [1.807, 2.05) is 62.4 Å². The number of fused-ring (bicyclic) bond motifs is 1. The molecule has 8 heteroatoms. The van der Waals surface area contributed by atoms with Gasteiger partial charge in [0, 0.05) is 10.9 Å². The average Bonchev–Trinajstić information content (AvgIpc) is 3.35. The summed E-state index contributed by atoms with van der Waals surface area (Å²) in [7, 11) is 0. The molecule has 3 aromatic carbocycles. The zero-order chi connectivity index (χ0) is 28.1. The highest BCUT2D eigenvalue weighted by molar-refractivity contribution is 6.35. The van der Waals surface area contributed by atoms with Crippen LogP contribution in [0.15, 0.2) is 77.4 Å². The molecule has 6 nitrogen and oxygen atoms in total. The van der Waals surface area contributed by atoms with Crippen LogP contribution in [0.3, 0.4) is 0 Å². The molecule has 1 aliphatic carbocycles. The van der Waals surface area contributed by atoms with E-state index in [9.17, 15) is 4.79 Å². The quantitative estimate of drug-likeness (QED) is 0.258. The van der Waals surface area contributed by atoms with Crippen molar-refractivity contribution in [1.82, 2.24) is 5.01 Å². The molecule has 0 N–H and O–H groups in total. The second kappa shape index (κ2) is 12.8. The first-order valence-corrected chi connectivity index (χ1v) is 14.4. The molecule has 40 heavy (non-hydrogen) atoms. The van der Waals surface area contributed by atoms with Gasteiger partial charge in [0.05, 0.1) is 30.0 Å². The van der Waals surface area contributed by atoms with Crippen LogP contribution in [0.4, 0.5) is 0 Å². The zero-order valence-electron chi connectivity index (χ0n) is 22.6. The molecule has 0 aromatic heterocycles. The standard InChI is InChI=1S/C32H32Cl2N2O4/c1-3-38-25-13-8-21(9-14-25)18-23-6-5-7-27-31(23)35-36(32(27)22-10-15-26(16-11-22)39-4-2)30(37)20-40-29-17-12-24(33)19-28(29)34/h8-19,27,32H,3-7,20H2,1-2H3/b23-18+/t27-,32-/m0/s1. The van der Waals surface area contributed by atoms with Crippen LogP contribution in [0.25, 0.3) is 6.08 Å². The van der Waals surface area contributed by atoms with Crippen molar-refractivity contribution in [3.63, 3.8) is 0 Å². The molecule has 5 rings (SSSR count). The van der Waals surface area contributed by atoms with Gasteiger partial charge in [-0.2, -0.15) is 5.10 Å². The lowest BCUT2D eigenvalue weighted by Gasteiger charge is -2.29. The summed E-state index contributed by atoms with van der Waals surface area (Å²) in [6.07, 6.45) is 5.02. The first kappa shape index (κ1) is 28.1. The largest absolute Gasteiger partial charge is 0.494 e. The van der Waals surface area contributed by atoms with Crippen LogP contribution >= 0.6 is 23.2 Å². The fourth-order valence-corrected chi connectivity index (χ4v) is 5.76. The highest BCUT2D eigenvalue weighted by Crippen LogP contribution is 2.45. The van der Waals surface area contributed by atoms with Crippen LogP contribution < -0.4 is 14.2 Å². The van der Waals surface area contributed by atoms with Crippen molar-refractivity contribution in [2.45, 2.75) is 39.2 Å². The maximum absolute atomic E-state index is 13.6. The number of ether oxygens (including phenoxy) is 3. The number of rotatable bonds is 9. The van der Waals surface area contributed by atoms with Crippen molar-refractivity contribution < 1.29 is 19.0 Å². The number of hydrogen-bond acceptors (Lipinski definition) is 5. The number of benzene rings is 3. The maximum Gasteiger partial charge on any atom is 0.281 e. The summed E-state index contributed by atoms with van der Waals surface area (Å²) < 4.78 is 17.1. The molecular weight excluding hydrogens is 547 g/mol. The van der Waals surface area contributed by atoms with Gasteiger partial charge in [-0.1, -0.05) is 47.5 Å². The summed E-state index contributed by atoms with van der Waals surface area (Å²) in [6.45, 7) is 4.95. The third kappa shape index (κ3) is 6.29. The Morgan fingerprint density at radius 1 is 0.950 bits per heavy atom. The fourth-order valence-electron chi connectivity index (χ4n) is 5.29. The minimum absolute atomic E-state index is 0.0729. The van der Waals surface area contributed by atoms with Crippen molar-refractivity contribution in [2.24, 2.45) is 11.0 Å². The van der Waals surface area contributed by atoms with Crippen LogP contribution in [0.1, 0.15) is 50.3 Å². The summed E-state index contributed by atoms with van der Waals surface area (Å²) in [4.78, 5) is 13.6. The van der Waals surface area contributed by atoms with Gasteiger partial charge in [-0.05, 0) is 98.4 Å². The highest BCUT2D eigenvalue weighted by Gasteiger charge is 2.43. The third-order valence-electron chi connectivity index (χ3n) is 7.07. The summed E-state index contributed by atoms with van der Waals surface area (Å²) in [6, 6.07) is 20.7. The highest BCUT2D eigenvalue weighted by atomic mass is 35.5. The SMILES string of the molecule is CCOc1ccc(/C=C2\CCC[C@H]3C2=NN(C(=O)COc2ccc(Cl)cc2Cl)[C@H]3c2ccc(OCC)cc2)cc1. The number of amides is 1. The van der Waals surface area contributed by atoms with E-state index in [1.165, 1.54) is 0 Å². The molecule has 1 amide bonds. The Balaban J connectivity index is 1.44. The smallest absolute Gasteiger partial charge is 0.281 e. The number of nitrogens with zero attached hydrogens (tertiary/aromatic N) is 2. The van der Waals surface area contributed by atoms with Crippen molar-refractivity contribution in [1.29, 1.82) is 0 Å². The number of halogens is 2. The normalized spacial score (nSPS) is 19.2. The Morgan fingerprint density at radius 2 is 1.62 bits per heavy atom. The van der Waals surface area contributed by atoms with Crippen molar-refractivity contribution in [2.75, 3.05) is 19.8 Å². The third-order valence-corrected chi connectivity index (χ3v) is 7.60. The predicted octanol–water partition coefficient (Wildman–Crippen LogP) is 7.99. The molecule has 2 atom stereocenters. The summed E-state index contributed by atoms with van der Waals surface area (Å²) >= 11 is 12.3. The molecule has 2 aliphatic rings. The van der Waals surface area contributed by atoms with Crippen LogP contribution in [0, 0.1) is 5.92 Å². The monoisotopic (exact) mass is 578 g/mol. The Kier molecular flexibility index (Phi) is 8.98. The predicted molar refractivity (Wildman–Crippen MR) is 160 cm³/mol. The van der Waals surface area contributed by atoms with Crippen LogP contribution in [-0.2, 0) is 4.79 Å². The Morgan fingerprint density at radius 3 is 2.27 bits per heavy atom. The van der Waals surface area contributed by atoms with E-state index in [1.54, 1.807) is 23.2 Å². The van der Waals surface area contributed by atoms with Crippen LogP contribution in [0.5, 0.6) is 17.2 Å². The minimum atomic E-state index is -0.244.